The summed E-state index contributed by atoms with van der Waals surface area (Å²) in [6.45, 7) is 9.85. The number of likely N-dealkylation sites (tertiary alicyclic amines) is 1. The highest BCUT2D eigenvalue weighted by atomic mass is 35.5. The molecule has 0 radical (unpaired) electrons. The van der Waals surface area contributed by atoms with Gasteiger partial charge in [0.15, 0.2) is 11.5 Å². The van der Waals surface area contributed by atoms with Crippen LogP contribution in [0.3, 0.4) is 0 Å². The molecule has 5 nitrogen and oxygen atoms in total. The first-order valence-electron chi connectivity index (χ1n) is 11.6. The van der Waals surface area contributed by atoms with Crippen LogP contribution in [0.25, 0.3) is 0 Å². The lowest BCUT2D eigenvalue weighted by atomic mass is 10.1. The van der Waals surface area contributed by atoms with Gasteiger partial charge in [-0.25, -0.2) is 0 Å². The lowest BCUT2D eigenvalue weighted by molar-refractivity contribution is 0.270. The van der Waals surface area contributed by atoms with Crippen LogP contribution < -0.4 is 9.47 Å². The van der Waals surface area contributed by atoms with Gasteiger partial charge >= 0.3 is 0 Å². The molecule has 0 N–H and O–H groups in total. The topological polar surface area (TPSA) is 37.3 Å². The fourth-order valence-electron chi connectivity index (χ4n) is 3.94. The third-order valence-corrected chi connectivity index (χ3v) is 5.95. The summed E-state index contributed by atoms with van der Waals surface area (Å²) in [7, 11) is 1.69. The van der Waals surface area contributed by atoms with Gasteiger partial charge in [-0.1, -0.05) is 36.7 Å². The zero-order chi connectivity index (χ0) is 22.6. The molecule has 1 heterocycles. The standard InChI is InChI=1S/C26H36ClN3O2/c1-3-14-30(18-13-28-12-17-29-15-4-5-16-29)20-23-8-11-25(26(19-23)31-2)32-21-22-6-9-24(27)10-7-22/h6-12,19H,3-5,13-18,20-21H2,1-2H3/b28-12-. The van der Waals surface area contributed by atoms with Crippen LogP contribution in [0.1, 0.15) is 37.3 Å². The van der Waals surface area contributed by atoms with E-state index in [9.17, 15) is 0 Å². The van der Waals surface area contributed by atoms with Gasteiger partial charge in [-0.2, -0.15) is 0 Å². The van der Waals surface area contributed by atoms with Crippen LogP contribution in [-0.2, 0) is 13.2 Å². The molecular formula is C26H36ClN3O2. The van der Waals surface area contributed by atoms with Gasteiger partial charge < -0.3 is 9.47 Å². The third kappa shape index (κ3) is 8.12. The van der Waals surface area contributed by atoms with Gasteiger partial charge in [0.1, 0.15) is 6.61 Å². The van der Waals surface area contributed by atoms with E-state index >= 15 is 0 Å². The van der Waals surface area contributed by atoms with Gasteiger partial charge in [-0.15, -0.1) is 0 Å². The van der Waals surface area contributed by atoms with Crippen LogP contribution in [0, 0.1) is 0 Å². The van der Waals surface area contributed by atoms with Crippen molar-refractivity contribution in [3.8, 4) is 11.5 Å². The minimum atomic E-state index is 0.476. The molecule has 1 fully saturated rings. The minimum Gasteiger partial charge on any atom is -0.493 e. The van der Waals surface area contributed by atoms with Crippen molar-refractivity contribution >= 4 is 17.8 Å². The molecule has 0 unspecified atom stereocenters. The lowest BCUT2D eigenvalue weighted by Gasteiger charge is -2.21. The van der Waals surface area contributed by atoms with E-state index in [0.29, 0.717) is 6.61 Å². The van der Waals surface area contributed by atoms with Crippen molar-refractivity contribution < 1.29 is 9.47 Å². The molecule has 32 heavy (non-hydrogen) atoms. The first-order valence-corrected chi connectivity index (χ1v) is 12.0. The summed E-state index contributed by atoms with van der Waals surface area (Å²) in [6, 6.07) is 13.9. The summed E-state index contributed by atoms with van der Waals surface area (Å²) in [6.07, 6.45) is 5.86. The average Bonchev–Trinajstić information content (AvgIpc) is 3.32. The molecule has 1 aliphatic rings. The molecule has 2 aromatic rings. The van der Waals surface area contributed by atoms with E-state index in [1.54, 1.807) is 7.11 Å². The van der Waals surface area contributed by atoms with E-state index in [4.69, 9.17) is 21.1 Å². The number of aliphatic imine (C=N–C) groups is 1. The molecule has 2 aromatic carbocycles. The SMILES string of the molecule is CCCN(CC/N=C\CN1CCCC1)Cc1ccc(OCc2ccc(Cl)cc2)c(OC)c1. The van der Waals surface area contributed by atoms with E-state index in [2.05, 4.69) is 40.1 Å². The first-order chi connectivity index (χ1) is 15.7. The Kier molecular flexibility index (Phi) is 10.3. The van der Waals surface area contributed by atoms with Crippen LogP contribution in [0.2, 0.25) is 5.02 Å². The summed E-state index contributed by atoms with van der Waals surface area (Å²) in [5.74, 6) is 1.51. The van der Waals surface area contributed by atoms with Gasteiger partial charge in [-0.05, 0) is 74.3 Å². The monoisotopic (exact) mass is 457 g/mol. The molecular weight excluding hydrogens is 422 g/mol. The maximum atomic E-state index is 5.99. The average molecular weight is 458 g/mol. The molecule has 0 aliphatic carbocycles. The molecule has 3 rings (SSSR count). The number of hydrogen-bond donors (Lipinski definition) is 0. The smallest absolute Gasteiger partial charge is 0.161 e. The molecule has 1 aliphatic heterocycles. The largest absolute Gasteiger partial charge is 0.493 e. The van der Waals surface area contributed by atoms with E-state index < -0.39 is 0 Å². The molecule has 0 bridgehead atoms. The van der Waals surface area contributed by atoms with Crippen LogP contribution >= 0.6 is 11.6 Å². The minimum absolute atomic E-state index is 0.476. The highest BCUT2D eigenvalue weighted by Crippen LogP contribution is 2.29. The second kappa shape index (κ2) is 13.5. The van der Waals surface area contributed by atoms with Gasteiger partial charge in [0, 0.05) is 30.9 Å². The molecule has 1 saturated heterocycles. The number of nitrogens with zero attached hydrogens (tertiary/aromatic N) is 3. The van der Waals surface area contributed by atoms with E-state index in [0.717, 1.165) is 61.2 Å². The Hall–Kier alpha value is -2.08. The van der Waals surface area contributed by atoms with Gasteiger partial charge in [0.2, 0.25) is 0 Å². The second-order valence-corrected chi connectivity index (χ2v) is 8.71. The van der Waals surface area contributed by atoms with Crippen molar-refractivity contribution in [3.63, 3.8) is 0 Å². The summed E-state index contributed by atoms with van der Waals surface area (Å²) >= 11 is 5.96. The van der Waals surface area contributed by atoms with Crippen molar-refractivity contribution in [1.82, 2.24) is 9.80 Å². The summed E-state index contributed by atoms with van der Waals surface area (Å²) in [5.41, 5.74) is 2.29. The molecule has 0 saturated carbocycles. The third-order valence-electron chi connectivity index (χ3n) is 5.69. The van der Waals surface area contributed by atoms with Gasteiger partial charge in [-0.3, -0.25) is 14.8 Å². The van der Waals surface area contributed by atoms with Crippen LogP contribution in [-0.4, -0.2) is 62.4 Å². The molecule has 0 aromatic heterocycles. The zero-order valence-corrected chi connectivity index (χ0v) is 20.2. The number of halogens is 1. The number of rotatable bonds is 13. The van der Waals surface area contributed by atoms with Gasteiger partial charge in [0.05, 0.1) is 13.7 Å². The van der Waals surface area contributed by atoms with E-state index in [1.165, 1.54) is 31.5 Å². The van der Waals surface area contributed by atoms with Crippen molar-refractivity contribution in [2.75, 3.05) is 46.4 Å². The maximum absolute atomic E-state index is 5.99. The summed E-state index contributed by atoms with van der Waals surface area (Å²) < 4.78 is 11.6. The molecule has 0 spiro atoms. The molecule has 0 atom stereocenters. The Morgan fingerprint density at radius 2 is 1.78 bits per heavy atom. The highest BCUT2D eigenvalue weighted by Gasteiger charge is 2.11. The maximum Gasteiger partial charge on any atom is 0.161 e. The van der Waals surface area contributed by atoms with E-state index in [1.807, 2.05) is 30.3 Å². The second-order valence-electron chi connectivity index (χ2n) is 8.27. The quantitative estimate of drug-likeness (QED) is 0.382. The Morgan fingerprint density at radius 3 is 2.50 bits per heavy atom. The van der Waals surface area contributed by atoms with E-state index in [-0.39, 0.29) is 0 Å². The Bertz CT molecular complexity index is 835. The summed E-state index contributed by atoms with van der Waals surface area (Å²) in [4.78, 5) is 9.57. The summed E-state index contributed by atoms with van der Waals surface area (Å²) in [5, 5.41) is 0.726. The first kappa shape index (κ1) is 24.6. The van der Waals surface area contributed by atoms with Crippen molar-refractivity contribution in [2.24, 2.45) is 4.99 Å². The molecule has 0 amide bonds. The van der Waals surface area contributed by atoms with Gasteiger partial charge in [0.25, 0.3) is 0 Å². The molecule has 6 heteroatoms. The Balaban J connectivity index is 1.51. The van der Waals surface area contributed by atoms with Crippen molar-refractivity contribution in [3.05, 3.63) is 58.6 Å². The number of ether oxygens (including phenoxy) is 2. The van der Waals surface area contributed by atoms with Crippen molar-refractivity contribution in [1.29, 1.82) is 0 Å². The zero-order valence-electron chi connectivity index (χ0n) is 19.4. The fraction of sp³-hybridized carbons (Fsp3) is 0.500. The van der Waals surface area contributed by atoms with Crippen LogP contribution in [0.15, 0.2) is 47.5 Å². The normalized spacial score (nSPS) is 14.5. The molecule has 174 valence electrons. The lowest BCUT2D eigenvalue weighted by Crippen LogP contribution is -2.27. The Labute approximate surface area is 198 Å². The van der Waals surface area contributed by atoms with Crippen LogP contribution in [0.4, 0.5) is 0 Å². The number of methoxy groups -OCH3 is 1. The predicted octanol–water partition coefficient (Wildman–Crippen LogP) is 5.31. The predicted molar refractivity (Wildman–Crippen MR) is 133 cm³/mol. The fourth-order valence-corrected chi connectivity index (χ4v) is 4.07. The Morgan fingerprint density at radius 1 is 1.03 bits per heavy atom. The number of benzene rings is 2. The van der Waals surface area contributed by atoms with Crippen LogP contribution in [0.5, 0.6) is 11.5 Å². The number of hydrogen-bond acceptors (Lipinski definition) is 5. The van der Waals surface area contributed by atoms with Crippen molar-refractivity contribution in [2.45, 2.75) is 39.3 Å². The highest BCUT2D eigenvalue weighted by molar-refractivity contribution is 6.30.